The fourth-order valence-electron chi connectivity index (χ4n) is 5.98. The number of imidazole rings is 2. The summed E-state index contributed by atoms with van der Waals surface area (Å²) in [6, 6.07) is 0. The molecule has 0 bridgehead atoms. The van der Waals surface area contributed by atoms with E-state index in [2.05, 4.69) is 40.3 Å². The van der Waals surface area contributed by atoms with Crippen molar-refractivity contribution in [2.45, 2.75) is 68.7 Å². The molecule has 0 amide bonds. The third kappa shape index (κ3) is 7.24. The number of aromatic amines is 1. The summed E-state index contributed by atoms with van der Waals surface area (Å²) in [4.78, 5) is 56.1. The Morgan fingerprint density at radius 1 is 0.980 bits per heavy atom. The minimum absolute atomic E-state index is 0.0130. The van der Waals surface area contributed by atoms with Crippen LogP contribution < -0.4 is 27.4 Å². The van der Waals surface area contributed by atoms with Gasteiger partial charge in [0.25, 0.3) is 5.56 Å². The van der Waals surface area contributed by atoms with Crippen molar-refractivity contribution in [3.8, 4) is 0 Å². The minimum Gasteiger partial charge on any atom is -0.390 e. The average Bonchev–Trinajstić information content (AvgIpc) is 3.86. The standard InChI is InChI=1S/C24H34N12O11P2/c25-20-18-21(29-8-28-20)35(9-30-18)17-5-12(14(46-17)7-43-48(39,40)34-15-2-1-3-27-15)47-49(41,42)44-6-13-11(37)4-16(45-13)36-10-31-19-22(36)32-24(26)33-23(19)38/h8-17,27,37H,1-7H2,(H,41,42)(H2,25,28,29)(H2,34,39,40)(H3,26,32,33,38)/t11-,12+,13+,14-,15?,16+,17-/m0/s1. The number of phosphoric ester groups is 1. The molecular weight excluding hydrogens is 694 g/mol. The molecule has 3 saturated heterocycles. The number of phosphoric acid groups is 1. The van der Waals surface area contributed by atoms with Crippen molar-refractivity contribution in [1.29, 1.82) is 0 Å². The molecule has 0 aliphatic carbocycles. The molecule has 3 fully saturated rings. The molecule has 7 heterocycles. The normalized spacial score (nSPS) is 29.9. The predicted octanol–water partition coefficient (Wildman–Crippen LogP) is -1.02. The number of hydrogen-bond donors (Lipinski definition) is 8. The van der Waals surface area contributed by atoms with Gasteiger partial charge in [-0.1, -0.05) is 0 Å². The van der Waals surface area contributed by atoms with Gasteiger partial charge in [0.1, 0.15) is 42.6 Å². The Morgan fingerprint density at radius 3 is 2.47 bits per heavy atom. The number of aliphatic hydroxyl groups is 1. The lowest BCUT2D eigenvalue weighted by Gasteiger charge is -2.24. The van der Waals surface area contributed by atoms with Crippen LogP contribution in [0.25, 0.3) is 22.3 Å². The first kappa shape index (κ1) is 34.0. The minimum atomic E-state index is -4.89. The first-order valence-electron chi connectivity index (χ1n) is 15.1. The molecule has 266 valence electrons. The van der Waals surface area contributed by atoms with Crippen LogP contribution in [0.2, 0.25) is 0 Å². The van der Waals surface area contributed by atoms with Gasteiger partial charge in [-0.25, -0.2) is 34.2 Å². The maximum absolute atomic E-state index is 13.2. The molecule has 4 aromatic heterocycles. The summed E-state index contributed by atoms with van der Waals surface area (Å²) < 4.78 is 57.0. The lowest BCUT2D eigenvalue weighted by molar-refractivity contribution is -0.0540. The van der Waals surface area contributed by atoms with Crippen LogP contribution in [0.1, 0.15) is 38.1 Å². The zero-order valence-corrected chi connectivity index (χ0v) is 27.3. The monoisotopic (exact) mass is 728 g/mol. The number of hydrogen-bond acceptors (Lipinski definition) is 17. The van der Waals surface area contributed by atoms with E-state index in [0.717, 1.165) is 6.42 Å². The number of aromatic nitrogens is 8. The number of nitrogens with two attached hydrogens (primary N) is 2. The molecule has 10 N–H and O–H groups in total. The number of rotatable bonds is 12. The number of H-pyrrole nitrogens is 1. The summed E-state index contributed by atoms with van der Waals surface area (Å²) in [6.45, 7) is -0.402. The van der Waals surface area contributed by atoms with Crippen LogP contribution in [-0.2, 0) is 32.2 Å². The lowest BCUT2D eigenvalue weighted by atomic mass is 10.2. The van der Waals surface area contributed by atoms with Crippen molar-refractivity contribution in [1.82, 2.24) is 49.4 Å². The summed E-state index contributed by atoms with van der Waals surface area (Å²) in [5, 5.41) is 16.2. The first-order chi connectivity index (χ1) is 23.4. The van der Waals surface area contributed by atoms with Crippen LogP contribution in [0.4, 0.5) is 11.8 Å². The van der Waals surface area contributed by atoms with Crippen LogP contribution in [-0.4, -0.2) is 104 Å². The summed E-state index contributed by atoms with van der Waals surface area (Å²) in [7, 11) is -9.21. The number of ether oxygens (including phenoxy) is 2. The topological polar surface area (TPSA) is 324 Å². The van der Waals surface area contributed by atoms with E-state index >= 15 is 0 Å². The number of anilines is 2. The molecule has 0 spiro atoms. The average molecular weight is 729 g/mol. The maximum atomic E-state index is 13.2. The van der Waals surface area contributed by atoms with Crippen LogP contribution >= 0.6 is 15.6 Å². The number of nitrogens with zero attached hydrogens (tertiary/aromatic N) is 7. The van der Waals surface area contributed by atoms with Gasteiger partial charge in [0.15, 0.2) is 22.6 Å². The second-order valence-corrected chi connectivity index (χ2v) is 14.6. The number of aliphatic hydroxyl groups excluding tert-OH is 1. The van der Waals surface area contributed by atoms with Crippen molar-refractivity contribution in [2.75, 3.05) is 31.2 Å². The molecule has 0 saturated carbocycles. The molecule has 23 nitrogen and oxygen atoms in total. The van der Waals surface area contributed by atoms with Gasteiger partial charge in [0.05, 0.1) is 38.1 Å². The van der Waals surface area contributed by atoms with Gasteiger partial charge in [-0.15, -0.1) is 0 Å². The molecule has 9 atom stereocenters. The summed E-state index contributed by atoms with van der Waals surface area (Å²) in [5.41, 5.74) is 11.8. The van der Waals surface area contributed by atoms with Crippen molar-refractivity contribution >= 4 is 49.7 Å². The fourth-order valence-corrected chi connectivity index (χ4v) is 7.97. The van der Waals surface area contributed by atoms with E-state index in [1.807, 2.05) is 0 Å². The van der Waals surface area contributed by atoms with Gasteiger partial charge in [0.2, 0.25) is 5.95 Å². The molecule has 3 aliphatic heterocycles. The van der Waals surface area contributed by atoms with E-state index in [4.69, 9.17) is 34.5 Å². The maximum Gasteiger partial charge on any atom is 0.472 e. The van der Waals surface area contributed by atoms with Crippen LogP contribution in [0.3, 0.4) is 0 Å². The fraction of sp³-hybridized carbons (Fsp3) is 0.583. The molecule has 25 heteroatoms. The third-order valence-electron chi connectivity index (χ3n) is 8.31. The van der Waals surface area contributed by atoms with Crippen LogP contribution in [0.5, 0.6) is 0 Å². The Morgan fingerprint density at radius 2 is 1.69 bits per heavy atom. The molecule has 0 radical (unpaired) electrons. The molecule has 3 aliphatic rings. The smallest absolute Gasteiger partial charge is 0.390 e. The largest absolute Gasteiger partial charge is 0.472 e. The van der Waals surface area contributed by atoms with E-state index in [0.29, 0.717) is 24.1 Å². The van der Waals surface area contributed by atoms with Gasteiger partial charge in [0, 0.05) is 12.8 Å². The van der Waals surface area contributed by atoms with Gasteiger partial charge in [-0.2, -0.15) is 4.98 Å². The van der Waals surface area contributed by atoms with Crippen LogP contribution in [0.15, 0.2) is 23.8 Å². The van der Waals surface area contributed by atoms with Gasteiger partial charge in [-0.3, -0.25) is 32.5 Å². The molecule has 49 heavy (non-hydrogen) atoms. The second kappa shape index (κ2) is 13.4. The lowest BCUT2D eigenvalue weighted by Crippen LogP contribution is -2.36. The molecule has 7 rings (SSSR count). The van der Waals surface area contributed by atoms with Crippen LogP contribution in [0, 0.1) is 0 Å². The van der Waals surface area contributed by atoms with Gasteiger partial charge in [-0.05, 0) is 19.4 Å². The SMILES string of the molecule is Nc1nc2c(ncn2[C@H]2C[C@H](O)[C@@H](COP(=O)(O)O[C@@H]3C[C@@H](n4cnc5c(N)ncnc54)O[C@H]3COP(=O)(O)NC3CCCN3)O2)c(=O)[nH]1. The highest BCUT2D eigenvalue weighted by Gasteiger charge is 2.45. The second-order valence-electron chi connectivity index (χ2n) is 11.7. The van der Waals surface area contributed by atoms with E-state index in [-0.39, 0.29) is 35.8 Å². The summed E-state index contributed by atoms with van der Waals surface area (Å²) >= 11 is 0. The van der Waals surface area contributed by atoms with E-state index in [1.54, 1.807) is 0 Å². The highest BCUT2D eigenvalue weighted by molar-refractivity contribution is 7.50. The van der Waals surface area contributed by atoms with Crippen molar-refractivity contribution < 1.29 is 47.1 Å². The Balaban J connectivity index is 1.03. The molecule has 3 unspecified atom stereocenters. The number of fused-ring (bicyclic) bond motifs is 2. The van der Waals surface area contributed by atoms with Gasteiger partial charge < -0.3 is 41.2 Å². The Bertz CT molecular complexity index is 1990. The molecule has 4 aromatic rings. The van der Waals surface area contributed by atoms with E-state index < -0.39 is 77.4 Å². The first-order valence-corrected chi connectivity index (χ1v) is 18.2. The molecule has 0 aromatic carbocycles. The third-order valence-corrected chi connectivity index (χ3v) is 10.5. The summed E-state index contributed by atoms with van der Waals surface area (Å²) in [5.74, 6) is -0.00950. The zero-order chi connectivity index (χ0) is 34.5. The summed E-state index contributed by atoms with van der Waals surface area (Å²) in [6.07, 6.45) is -1.38. The van der Waals surface area contributed by atoms with Crippen molar-refractivity contribution in [2.24, 2.45) is 0 Å². The Labute approximate surface area is 275 Å². The zero-order valence-electron chi connectivity index (χ0n) is 25.5. The molecular formula is C24H34N12O11P2. The highest BCUT2D eigenvalue weighted by atomic mass is 31.2. The van der Waals surface area contributed by atoms with Crippen molar-refractivity contribution in [3.05, 3.63) is 29.3 Å². The highest BCUT2D eigenvalue weighted by Crippen LogP contribution is 2.50. The number of nitrogen functional groups attached to an aromatic ring is 2. The van der Waals surface area contributed by atoms with E-state index in [9.17, 15) is 28.8 Å². The van der Waals surface area contributed by atoms with Gasteiger partial charge >= 0.3 is 15.6 Å². The van der Waals surface area contributed by atoms with Crippen molar-refractivity contribution in [3.63, 3.8) is 0 Å². The van der Waals surface area contributed by atoms with E-state index in [1.165, 1.54) is 28.1 Å². The Hall–Kier alpha value is -3.44. The predicted molar refractivity (Wildman–Crippen MR) is 166 cm³/mol. The Kier molecular flexibility index (Phi) is 9.28. The number of nitrogens with one attached hydrogen (secondary N) is 3. The quantitative estimate of drug-likeness (QED) is 0.0809.